The van der Waals surface area contributed by atoms with Crippen LogP contribution in [0, 0.1) is 0 Å². The first-order chi connectivity index (χ1) is 8.54. The van der Waals surface area contributed by atoms with Crippen LogP contribution in [0.25, 0.3) is 0 Å². The first kappa shape index (κ1) is 14.9. The zero-order valence-corrected chi connectivity index (χ0v) is 11.0. The minimum atomic E-state index is -0.475. The van der Waals surface area contributed by atoms with E-state index in [9.17, 15) is 9.59 Å². The molecule has 1 fully saturated rings. The van der Waals surface area contributed by atoms with Crippen LogP contribution in [0.2, 0.25) is 0 Å². The lowest BCUT2D eigenvalue weighted by atomic mass is 10.1. The topological polar surface area (TPSA) is 78.9 Å². The molecule has 0 aromatic rings. The van der Waals surface area contributed by atoms with Crippen LogP contribution in [0.4, 0.5) is 0 Å². The number of rotatable bonds is 5. The van der Waals surface area contributed by atoms with Gasteiger partial charge in [-0.15, -0.1) is 0 Å². The van der Waals surface area contributed by atoms with Gasteiger partial charge in [-0.25, -0.2) is 0 Å². The summed E-state index contributed by atoms with van der Waals surface area (Å²) in [6.45, 7) is 4.74. The average molecular weight is 258 g/mol. The summed E-state index contributed by atoms with van der Waals surface area (Å²) in [5, 5.41) is 11.3. The van der Waals surface area contributed by atoms with E-state index in [4.69, 9.17) is 9.84 Å². The Morgan fingerprint density at radius 1 is 1.44 bits per heavy atom. The Morgan fingerprint density at radius 3 is 2.56 bits per heavy atom. The Morgan fingerprint density at radius 2 is 2.06 bits per heavy atom. The standard InChI is InChI=1S/C12H22N2O4/c1-9(13-10(2)16)12(17)14-5-3-11(4-6-14)18-8-7-15/h9,11,15H,3-8H2,1-2H3,(H,13,16). The quantitative estimate of drug-likeness (QED) is 0.697. The van der Waals surface area contributed by atoms with Gasteiger partial charge in [0.2, 0.25) is 11.8 Å². The molecule has 6 heteroatoms. The maximum atomic E-state index is 12.0. The molecule has 0 radical (unpaired) electrons. The number of nitrogens with zero attached hydrogens (tertiary/aromatic N) is 1. The number of aliphatic hydroxyl groups excluding tert-OH is 1. The summed E-state index contributed by atoms with van der Waals surface area (Å²) < 4.78 is 5.43. The number of nitrogens with one attached hydrogen (secondary N) is 1. The number of likely N-dealkylation sites (tertiary alicyclic amines) is 1. The maximum absolute atomic E-state index is 12.0. The van der Waals surface area contributed by atoms with Gasteiger partial charge >= 0.3 is 0 Å². The van der Waals surface area contributed by atoms with Crippen molar-refractivity contribution in [1.82, 2.24) is 10.2 Å². The SMILES string of the molecule is CC(=O)NC(C)C(=O)N1CCC(OCCO)CC1. The van der Waals surface area contributed by atoms with E-state index >= 15 is 0 Å². The fourth-order valence-electron chi connectivity index (χ4n) is 2.10. The van der Waals surface area contributed by atoms with Gasteiger partial charge in [0.05, 0.1) is 19.3 Å². The zero-order chi connectivity index (χ0) is 13.5. The number of ether oxygens (including phenoxy) is 1. The number of piperidine rings is 1. The summed E-state index contributed by atoms with van der Waals surface area (Å²) in [5.41, 5.74) is 0. The Balaban J connectivity index is 2.33. The number of hydrogen-bond acceptors (Lipinski definition) is 4. The van der Waals surface area contributed by atoms with Gasteiger partial charge in [0, 0.05) is 20.0 Å². The lowest BCUT2D eigenvalue weighted by Crippen LogP contribution is -2.49. The van der Waals surface area contributed by atoms with Gasteiger partial charge in [0.1, 0.15) is 6.04 Å². The molecule has 104 valence electrons. The van der Waals surface area contributed by atoms with Crippen LogP contribution in [0.15, 0.2) is 0 Å². The second-order valence-corrected chi connectivity index (χ2v) is 4.54. The monoisotopic (exact) mass is 258 g/mol. The predicted octanol–water partition coefficient (Wildman–Crippen LogP) is -0.489. The Labute approximate surface area is 107 Å². The first-order valence-corrected chi connectivity index (χ1v) is 6.33. The lowest BCUT2D eigenvalue weighted by molar-refractivity contribution is -0.138. The van der Waals surface area contributed by atoms with Crippen LogP contribution in [0.1, 0.15) is 26.7 Å². The second-order valence-electron chi connectivity index (χ2n) is 4.54. The van der Waals surface area contributed by atoms with Crippen LogP contribution in [0.5, 0.6) is 0 Å². The van der Waals surface area contributed by atoms with E-state index < -0.39 is 6.04 Å². The molecule has 0 aromatic carbocycles. The van der Waals surface area contributed by atoms with Crippen LogP contribution < -0.4 is 5.32 Å². The van der Waals surface area contributed by atoms with Gasteiger partial charge in [0.25, 0.3) is 0 Å². The van der Waals surface area contributed by atoms with Crippen LogP contribution in [-0.2, 0) is 14.3 Å². The molecule has 18 heavy (non-hydrogen) atoms. The fourth-order valence-corrected chi connectivity index (χ4v) is 2.10. The van der Waals surface area contributed by atoms with E-state index in [0.717, 1.165) is 12.8 Å². The smallest absolute Gasteiger partial charge is 0.244 e. The highest BCUT2D eigenvalue weighted by atomic mass is 16.5. The van der Waals surface area contributed by atoms with E-state index in [1.165, 1.54) is 6.92 Å². The molecule has 0 bridgehead atoms. The van der Waals surface area contributed by atoms with Crippen molar-refractivity contribution in [2.45, 2.75) is 38.8 Å². The molecule has 0 spiro atoms. The van der Waals surface area contributed by atoms with E-state index in [1.807, 2.05) is 0 Å². The molecule has 1 atom stereocenters. The molecule has 1 unspecified atom stereocenters. The number of amides is 2. The zero-order valence-electron chi connectivity index (χ0n) is 11.0. The summed E-state index contributed by atoms with van der Waals surface area (Å²) in [4.78, 5) is 24.6. The van der Waals surface area contributed by atoms with E-state index in [2.05, 4.69) is 5.32 Å². The number of carbonyl (C=O) groups is 2. The summed E-state index contributed by atoms with van der Waals surface area (Å²) in [6, 6.07) is -0.475. The van der Waals surface area contributed by atoms with Gasteiger partial charge in [-0.3, -0.25) is 9.59 Å². The van der Waals surface area contributed by atoms with Crippen LogP contribution in [0.3, 0.4) is 0 Å². The summed E-state index contributed by atoms with van der Waals surface area (Å²) in [5.74, 6) is -0.247. The van der Waals surface area contributed by atoms with Crippen molar-refractivity contribution in [3.63, 3.8) is 0 Å². The highest BCUT2D eigenvalue weighted by Crippen LogP contribution is 2.14. The van der Waals surface area contributed by atoms with Crippen molar-refractivity contribution in [1.29, 1.82) is 0 Å². The summed E-state index contributed by atoms with van der Waals surface area (Å²) >= 11 is 0. The summed E-state index contributed by atoms with van der Waals surface area (Å²) in [7, 11) is 0. The van der Waals surface area contributed by atoms with Crippen molar-refractivity contribution < 1.29 is 19.4 Å². The van der Waals surface area contributed by atoms with Crippen molar-refractivity contribution in [2.75, 3.05) is 26.3 Å². The third-order valence-electron chi connectivity index (χ3n) is 2.99. The predicted molar refractivity (Wildman–Crippen MR) is 65.9 cm³/mol. The highest BCUT2D eigenvalue weighted by molar-refractivity contribution is 5.86. The van der Waals surface area contributed by atoms with Crippen LogP contribution in [-0.4, -0.2) is 60.3 Å². The molecule has 6 nitrogen and oxygen atoms in total. The maximum Gasteiger partial charge on any atom is 0.244 e. The van der Waals surface area contributed by atoms with E-state index in [-0.39, 0.29) is 24.5 Å². The van der Waals surface area contributed by atoms with E-state index in [1.54, 1.807) is 11.8 Å². The van der Waals surface area contributed by atoms with Crippen molar-refractivity contribution in [3.8, 4) is 0 Å². The molecule has 1 aliphatic rings. The molecule has 2 N–H and O–H groups in total. The Bertz CT molecular complexity index is 288. The van der Waals surface area contributed by atoms with Gasteiger partial charge in [0.15, 0.2) is 0 Å². The third-order valence-corrected chi connectivity index (χ3v) is 2.99. The van der Waals surface area contributed by atoms with Gasteiger partial charge in [-0.2, -0.15) is 0 Å². The minimum Gasteiger partial charge on any atom is -0.394 e. The van der Waals surface area contributed by atoms with Gasteiger partial charge in [-0.1, -0.05) is 0 Å². The summed E-state index contributed by atoms with van der Waals surface area (Å²) in [6.07, 6.45) is 1.68. The molecule has 0 saturated carbocycles. The molecule has 1 rings (SSSR count). The second kappa shape index (κ2) is 7.33. The van der Waals surface area contributed by atoms with Crippen molar-refractivity contribution in [3.05, 3.63) is 0 Å². The molecular formula is C12H22N2O4. The Hall–Kier alpha value is -1.14. The third kappa shape index (κ3) is 4.62. The lowest BCUT2D eigenvalue weighted by Gasteiger charge is -2.33. The van der Waals surface area contributed by atoms with Crippen molar-refractivity contribution >= 4 is 11.8 Å². The molecular weight excluding hydrogens is 236 g/mol. The Kier molecular flexibility index (Phi) is 6.07. The van der Waals surface area contributed by atoms with Crippen LogP contribution >= 0.6 is 0 Å². The number of carbonyl (C=O) groups excluding carboxylic acids is 2. The molecule has 2 amide bonds. The van der Waals surface area contributed by atoms with Gasteiger partial charge < -0.3 is 20.1 Å². The number of aliphatic hydroxyl groups is 1. The molecule has 1 heterocycles. The van der Waals surface area contributed by atoms with Crippen molar-refractivity contribution in [2.24, 2.45) is 0 Å². The molecule has 1 aliphatic heterocycles. The normalized spacial score (nSPS) is 18.5. The number of hydrogen-bond donors (Lipinski definition) is 2. The largest absolute Gasteiger partial charge is 0.394 e. The van der Waals surface area contributed by atoms with E-state index in [0.29, 0.717) is 19.7 Å². The highest BCUT2D eigenvalue weighted by Gasteiger charge is 2.26. The fraction of sp³-hybridized carbons (Fsp3) is 0.833. The molecule has 0 aliphatic carbocycles. The average Bonchev–Trinajstić information content (AvgIpc) is 2.35. The molecule has 0 aromatic heterocycles. The first-order valence-electron chi connectivity index (χ1n) is 6.33. The molecule has 1 saturated heterocycles. The minimum absolute atomic E-state index is 0.0265. The van der Waals surface area contributed by atoms with Gasteiger partial charge in [-0.05, 0) is 19.8 Å².